The molecule has 2 aromatic carbocycles. The predicted molar refractivity (Wildman–Crippen MR) is 113 cm³/mol. The van der Waals surface area contributed by atoms with E-state index < -0.39 is 5.72 Å². The van der Waals surface area contributed by atoms with Crippen molar-refractivity contribution >= 4 is 23.2 Å². The molecule has 6 heteroatoms. The van der Waals surface area contributed by atoms with Gasteiger partial charge in [-0.05, 0) is 30.7 Å². The lowest BCUT2D eigenvalue weighted by atomic mass is 9.90. The fourth-order valence-electron chi connectivity index (χ4n) is 4.67. The SMILES string of the molecule is CC(=O)N1CCC2(CC1)Oc1ccc(Cl)cc1[C@@H]1CC(c3ccc(C)cc3)=NN12. The fraction of sp³-hybridized carbons (Fsp3) is 0.391. The van der Waals surface area contributed by atoms with Crippen LogP contribution in [0.15, 0.2) is 47.6 Å². The number of piperidine rings is 1. The number of hydrogen-bond donors (Lipinski definition) is 0. The van der Waals surface area contributed by atoms with Crippen molar-refractivity contribution in [2.24, 2.45) is 5.10 Å². The molecule has 0 N–H and O–H groups in total. The molecule has 0 aliphatic carbocycles. The Labute approximate surface area is 175 Å². The second kappa shape index (κ2) is 6.77. The highest BCUT2D eigenvalue weighted by molar-refractivity contribution is 6.30. The van der Waals surface area contributed by atoms with Crippen molar-refractivity contribution in [3.05, 3.63) is 64.2 Å². The summed E-state index contributed by atoms with van der Waals surface area (Å²) in [7, 11) is 0. The molecule has 5 nitrogen and oxygen atoms in total. The first kappa shape index (κ1) is 18.5. The van der Waals surface area contributed by atoms with Gasteiger partial charge in [0.05, 0.1) is 11.8 Å². The van der Waals surface area contributed by atoms with Crippen molar-refractivity contribution < 1.29 is 9.53 Å². The summed E-state index contributed by atoms with van der Waals surface area (Å²) in [4.78, 5) is 13.7. The molecule has 3 heterocycles. The van der Waals surface area contributed by atoms with Crippen LogP contribution in [0.3, 0.4) is 0 Å². The molecular formula is C23H24ClN3O2. The average molecular weight is 410 g/mol. The summed E-state index contributed by atoms with van der Waals surface area (Å²) in [6, 6.07) is 14.5. The van der Waals surface area contributed by atoms with Crippen molar-refractivity contribution in [2.45, 2.75) is 44.9 Å². The zero-order chi connectivity index (χ0) is 20.2. The average Bonchev–Trinajstić information content (AvgIpc) is 3.16. The summed E-state index contributed by atoms with van der Waals surface area (Å²) in [5, 5.41) is 7.92. The zero-order valence-corrected chi connectivity index (χ0v) is 17.4. The van der Waals surface area contributed by atoms with E-state index in [0.29, 0.717) is 18.1 Å². The summed E-state index contributed by atoms with van der Waals surface area (Å²) < 4.78 is 6.58. The first-order chi connectivity index (χ1) is 13.9. The molecule has 1 fully saturated rings. The Hall–Kier alpha value is -2.53. The van der Waals surface area contributed by atoms with Crippen molar-refractivity contribution in [1.29, 1.82) is 0 Å². The van der Waals surface area contributed by atoms with Gasteiger partial charge in [0.2, 0.25) is 11.6 Å². The second-order valence-electron chi connectivity index (χ2n) is 8.21. The summed E-state index contributed by atoms with van der Waals surface area (Å²) in [6.07, 6.45) is 2.28. The largest absolute Gasteiger partial charge is 0.466 e. The molecular weight excluding hydrogens is 386 g/mol. The van der Waals surface area contributed by atoms with E-state index in [1.807, 2.05) is 23.1 Å². The van der Waals surface area contributed by atoms with Crippen LogP contribution in [0.5, 0.6) is 5.75 Å². The molecule has 3 aliphatic rings. The van der Waals surface area contributed by atoms with Gasteiger partial charge in [-0.1, -0.05) is 41.4 Å². The van der Waals surface area contributed by atoms with Crippen LogP contribution in [-0.2, 0) is 4.79 Å². The highest BCUT2D eigenvalue weighted by Crippen LogP contribution is 2.50. The Morgan fingerprint density at radius 2 is 1.90 bits per heavy atom. The van der Waals surface area contributed by atoms with Gasteiger partial charge in [-0.25, -0.2) is 5.01 Å². The number of halogens is 1. The number of carbonyl (C=O) groups excluding carboxylic acids is 1. The lowest BCUT2D eigenvalue weighted by Crippen LogP contribution is -2.59. The van der Waals surface area contributed by atoms with Gasteiger partial charge in [0.15, 0.2) is 0 Å². The quantitative estimate of drug-likeness (QED) is 0.695. The number of carbonyl (C=O) groups is 1. The summed E-state index contributed by atoms with van der Waals surface area (Å²) in [5.74, 6) is 0.997. The number of nitrogens with zero attached hydrogens (tertiary/aromatic N) is 3. The van der Waals surface area contributed by atoms with Crippen LogP contribution in [0.2, 0.25) is 5.02 Å². The standard InChI is InChI=1S/C23H24ClN3O2/c1-15-3-5-17(6-4-15)20-14-21-19-13-18(24)7-8-22(19)29-23(27(21)25-20)9-11-26(12-10-23)16(2)28/h3-8,13,21H,9-12,14H2,1-2H3/t21-/m0/s1. The van der Waals surface area contributed by atoms with E-state index in [9.17, 15) is 4.79 Å². The molecule has 5 rings (SSSR count). The van der Waals surface area contributed by atoms with E-state index in [1.165, 1.54) is 5.56 Å². The number of ether oxygens (including phenoxy) is 1. The number of benzene rings is 2. The molecule has 0 unspecified atom stereocenters. The normalized spacial score (nSPS) is 22.0. The van der Waals surface area contributed by atoms with Gasteiger partial charge in [-0.2, -0.15) is 5.10 Å². The number of aryl methyl sites for hydroxylation is 1. The molecule has 3 aliphatic heterocycles. The third kappa shape index (κ3) is 3.08. The third-order valence-corrected chi connectivity index (χ3v) is 6.57. The highest BCUT2D eigenvalue weighted by Gasteiger charge is 2.52. The smallest absolute Gasteiger partial charge is 0.219 e. The van der Waals surface area contributed by atoms with Gasteiger partial charge < -0.3 is 9.64 Å². The van der Waals surface area contributed by atoms with Gasteiger partial charge >= 0.3 is 0 Å². The third-order valence-electron chi connectivity index (χ3n) is 6.33. The zero-order valence-electron chi connectivity index (χ0n) is 16.7. The molecule has 150 valence electrons. The van der Waals surface area contributed by atoms with Gasteiger partial charge in [0.25, 0.3) is 0 Å². The van der Waals surface area contributed by atoms with Crippen molar-refractivity contribution in [2.75, 3.05) is 13.1 Å². The van der Waals surface area contributed by atoms with Crippen molar-refractivity contribution in [3.63, 3.8) is 0 Å². The maximum absolute atomic E-state index is 11.8. The Morgan fingerprint density at radius 1 is 1.17 bits per heavy atom. The Balaban J connectivity index is 1.55. The minimum Gasteiger partial charge on any atom is -0.466 e. The first-order valence-corrected chi connectivity index (χ1v) is 10.5. The van der Waals surface area contributed by atoms with Gasteiger partial charge in [0.1, 0.15) is 5.75 Å². The Kier molecular flexibility index (Phi) is 4.32. The van der Waals surface area contributed by atoms with Crippen LogP contribution < -0.4 is 4.74 Å². The number of fused-ring (bicyclic) bond motifs is 4. The van der Waals surface area contributed by atoms with Crippen molar-refractivity contribution in [3.8, 4) is 5.75 Å². The maximum atomic E-state index is 11.8. The topological polar surface area (TPSA) is 45.1 Å². The number of likely N-dealkylation sites (tertiary alicyclic amines) is 1. The molecule has 1 amide bonds. The van der Waals surface area contributed by atoms with Gasteiger partial charge in [-0.3, -0.25) is 4.79 Å². The number of amides is 1. The van der Waals surface area contributed by atoms with Gasteiger partial charge in [-0.15, -0.1) is 0 Å². The highest BCUT2D eigenvalue weighted by atomic mass is 35.5. The lowest BCUT2D eigenvalue weighted by Gasteiger charge is -2.51. The fourth-order valence-corrected chi connectivity index (χ4v) is 4.86. The van der Waals surface area contributed by atoms with Gasteiger partial charge in [0, 0.05) is 49.9 Å². The molecule has 1 saturated heterocycles. The van der Waals surface area contributed by atoms with E-state index in [4.69, 9.17) is 21.4 Å². The van der Waals surface area contributed by atoms with Crippen LogP contribution in [0.25, 0.3) is 0 Å². The molecule has 2 aromatic rings. The van der Waals surface area contributed by atoms with Crippen LogP contribution in [0.1, 0.15) is 48.9 Å². The van der Waals surface area contributed by atoms with E-state index in [2.05, 4.69) is 36.2 Å². The predicted octanol–water partition coefficient (Wildman–Crippen LogP) is 4.53. The van der Waals surface area contributed by atoms with Crippen molar-refractivity contribution in [1.82, 2.24) is 9.91 Å². The second-order valence-corrected chi connectivity index (χ2v) is 8.65. The van der Waals surface area contributed by atoms with E-state index in [1.54, 1.807) is 6.92 Å². The van der Waals surface area contributed by atoms with Crippen LogP contribution >= 0.6 is 11.6 Å². The molecule has 0 saturated carbocycles. The van der Waals surface area contributed by atoms with Crippen LogP contribution in [-0.4, -0.2) is 40.3 Å². The van der Waals surface area contributed by atoms with E-state index in [-0.39, 0.29) is 11.9 Å². The number of rotatable bonds is 1. The monoisotopic (exact) mass is 409 g/mol. The molecule has 1 atom stereocenters. The molecule has 0 bridgehead atoms. The summed E-state index contributed by atoms with van der Waals surface area (Å²) >= 11 is 6.31. The minimum atomic E-state index is -0.524. The Bertz CT molecular complexity index is 994. The molecule has 1 spiro atoms. The van der Waals surface area contributed by atoms with Crippen LogP contribution in [0.4, 0.5) is 0 Å². The lowest BCUT2D eigenvalue weighted by molar-refractivity contribution is -0.158. The van der Waals surface area contributed by atoms with E-state index in [0.717, 1.165) is 41.9 Å². The maximum Gasteiger partial charge on any atom is 0.219 e. The number of hydrazone groups is 1. The summed E-state index contributed by atoms with van der Waals surface area (Å²) in [5.41, 5.74) is 4.01. The molecule has 0 radical (unpaired) electrons. The minimum absolute atomic E-state index is 0.0950. The van der Waals surface area contributed by atoms with Crippen LogP contribution in [0, 0.1) is 6.92 Å². The molecule has 29 heavy (non-hydrogen) atoms. The number of hydrogen-bond acceptors (Lipinski definition) is 4. The Morgan fingerprint density at radius 3 is 2.59 bits per heavy atom. The van der Waals surface area contributed by atoms with E-state index >= 15 is 0 Å². The summed E-state index contributed by atoms with van der Waals surface area (Å²) in [6.45, 7) is 5.07. The first-order valence-electron chi connectivity index (χ1n) is 10.1. The molecule has 0 aromatic heterocycles.